The van der Waals surface area contributed by atoms with Crippen LogP contribution in [0.25, 0.3) is 0 Å². The van der Waals surface area contributed by atoms with Crippen LogP contribution in [0.5, 0.6) is 34.5 Å². The molecule has 3 aromatic carbocycles. The van der Waals surface area contributed by atoms with Crippen LogP contribution in [0.15, 0.2) is 36.4 Å². The molecule has 9 heteroatoms. The van der Waals surface area contributed by atoms with Crippen LogP contribution in [0.4, 0.5) is 0 Å². The van der Waals surface area contributed by atoms with E-state index in [1.807, 2.05) is 95.2 Å². The molecule has 0 fully saturated rings. The average Bonchev–Trinajstić information content (AvgIpc) is 3.26. The maximum atomic E-state index is 12.6. The van der Waals surface area contributed by atoms with E-state index in [9.17, 15) is 29.7 Å². The summed E-state index contributed by atoms with van der Waals surface area (Å²) in [7, 11) is 0. The number of phenolic OH excluding ortho intramolecular Hbond substituents is 3. The quantitative estimate of drug-likeness (QED) is 0.0454. The summed E-state index contributed by atoms with van der Waals surface area (Å²) in [6, 6.07) is 10.6. The molecule has 0 aromatic heterocycles. The molecular weight excluding hydrogens is 937 g/mol. The molecule has 75 heavy (non-hydrogen) atoms. The van der Waals surface area contributed by atoms with Gasteiger partial charge in [-0.1, -0.05) is 221 Å². The van der Waals surface area contributed by atoms with Gasteiger partial charge >= 0.3 is 17.9 Å². The van der Waals surface area contributed by atoms with Gasteiger partial charge in [-0.25, -0.2) is 0 Å². The second-order valence-electron chi connectivity index (χ2n) is 27.4. The van der Waals surface area contributed by atoms with Gasteiger partial charge in [-0.2, -0.15) is 0 Å². The number of esters is 3. The Kier molecular flexibility index (Phi) is 26.0. The van der Waals surface area contributed by atoms with Gasteiger partial charge in [0.2, 0.25) is 0 Å². The SMILES string of the molecule is CC(C)(C)c1cc(OC(=O)CCCCC(=O)Oc2cc(C(C)(C)C)c(O)c(C(C)(C)C)c2)cc(C(C)(C)C)c1O.CCCCCCCCCCCCCCCCCC(=O)Oc1cc(C(C)(C)C)c(O)c(C(C)(C)C)c1. The second-order valence-corrected chi connectivity index (χ2v) is 27.4. The van der Waals surface area contributed by atoms with E-state index in [1.165, 1.54) is 83.5 Å². The van der Waals surface area contributed by atoms with E-state index in [-0.39, 0.29) is 74.7 Å². The first-order valence-electron chi connectivity index (χ1n) is 28.7. The third kappa shape index (κ3) is 23.7. The number of hydrogen-bond acceptors (Lipinski definition) is 9. The molecule has 3 aromatic rings. The molecule has 0 saturated heterocycles. The Bertz CT molecular complexity index is 2060. The van der Waals surface area contributed by atoms with Crippen molar-refractivity contribution < 1.29 is 43.9 Å². The highest BCUT2D eigenvalue weighted by molar-refractivity contribution is 5.75. The van der Waals surface area contributed by atoms with Crippen molar-refractivity contribution in [1.82, 2.24) is 0 Å². The van der Waals surface area contributed by atoms with Gasteiger partial charge in [0.05, 0.1) is 0 Å². The van der Waals surface area contributed by atoms with Crippen molar-refractivity contribution in [2.24, 2.45) is 0 Å². The zero-order chi connectivity index (χ0) is 57.2. The minimum Gasteiger partial charge on any atom is -0.507 e. The summed E-state index contributed by atoms with van der Waals surface area (Å²) in [4.78, 5) is 37.7. The van der Waals surface area contributed by atoms with E-state index < -0.39 is 0 Å². The van der Waals surface area contributed by atoms with Gasteiger partial charge < -0.3 is 29.5 Å². The van der Waals surface area contributed by atoms with Crippen LogP contribution in [0, 0.1) is 0 Å². The number of phenols is 3. The summed E-state index contributed by atoms with van der Waals surface area (Å²) in [6.07, 6.45) is 21.4. The third-order valence-corrected chi connectivity index (χ3v) is 13.8. The van der Waals surface area contributed by atoms with Crippen LogP contribution >= 0.6 is 0 Å². The van der Waals surface area contributed by atoms with E-state index in [1.54, 1.807) is 24.3 Å². The highest BCUT2D eigenvalue weighted by Gasteiger charge is 2.30. The summed E-state index contributed by atoms with van der Waals surface area (Å²) in [5, 5.41) is 32.6. The van der Waals surface area contributed by atoms with E-state index >= 15 is 0 Å². The molecule has 0 heterocycles. The van der Waals surface area contributed by atoms with E-state index in [0.717, 1.165) is 46.2 Å². The third-order valence-electron chi connectivity index (χ3n) is 13.8. The van der Waals surface area contributed by atoms with Gasteiger partial charge in [0.1, 0.15) is 34.5 Å². The number of carbonyl (C=O) groups is 3. The lowest BCUT2D eigenvalue weighted by Crippen LogP contribution is -2.18. The van der Waals surface area contributed by atoms with Gasteiger partial charge in [-0.05, 0) is 88.2 Å². The van der Waals surface area contributed by atoms with Gasteiger partial charge in [-0.15, -0.1) is 0 Å². The Morgan fingerprint density at radius 2 is 0.467 bits per heavy atom. The smallest absolute Gasteiger partial charge is 0.311 e. The van der Waals surface area contributed by atoms with E-state index in [0.29, 0.717) is 42.3 Å². The fourth-order valence-corrected chi connectivity index (χ4v) is 9.16. The molecule has 0 atom stereocenters. The summed E-state index contributed by atoms with van der Waals surface area (Å²) < 4.78 is 17.0. The minimum atomic E-state index is -0.387. The molecule has 0 unspecified atom stereocenters. The molecule has 0 aliphatic carbocycles. The number of benzene rings is 3. The summed E-state index contributed by atoms with van der Waals surface area (Å²) in [6.45, 7) is 38.7. The zero-order valence-electron chi connectivity index (χ0n) is 50.9. The first-order valence-corrected chi connectivity index (χ1v) is 28.7. The Labute approximate surface area is 456 Å². The highest BCUT2D eigenvalue weighted by atomic mass is 16.5. The molecule has 0 amide bonds. The van der Waals surface area contributed by atoms with E-state index in [4.69, 9.17) is 14.2 Å². The van der Waals surface area contributed by atoms with Crippen LogP contribution in [0.1, 0.15) is 293 Å². The fourth-order valence-electron chi connectivity index (χ4n) is 9.16. The largest absolute Gasteiger partial charge is 0.507 e. The van der Waals surface area contributed by atoms with Crippen LogP contribution < -0.4 is 14.2 Å². The molecule has 424 valence electrons. The Morgan fingerprint density at radius 1 is 0.307 bits per heavy atom. The van der Waals surface area contributed by atoms with Crippen molar-refractivity contribution in [3.8, 4) is 34.5 Å². The monoisotopic (exact) mass is 1040 g/mol. The van der Waals surface area contributed by atoms with Crippen molar-refractivity contribution in [2.45, 2.75) is 292 Å². The van der Waals surface area contributed by atoms with Gasteiger partial charge in [0, 0.05) is 52.6 Å². The van der Waals surface area contributed by atoms with Gasteiger partial charge in [-0.3, -0.25) is 14.4 Å². The van der Waals surface area contributed by atoms with Crippen molar-refractivity contribution in [3.05, 3.63) is 69.8 Å². The fraction of sp³-hybridized carbons (Fsp3) is 0.682. The highest BCUT2D eigenvalue weighted by Crippen LogP contribution is 2.44. The maximum absolute atomic E-state index is 12.6. The van der Waals surface area contributed by atoms with Gasteiger partial charge in [0.15, 0.2) is 0 Å². The topological polar surface area (TPSA) is 140 Å². The van der Waals surface area contributed by atoms with Crippen molar-refractivity contribution in [2.75, 3.05) is 0 Å². The van der Waals surface area contributed by atoms with Gasteiger partial charge in [0.25, 0.3) is 0 Å². The second kappa shape index (κ2) is 29.3. The predicted molar refractivity (Wildman–Crippen MR) is 311 cm³/mol. The van der Waals surface area contributed by atoms with Crippen LogP contribution in [-0.2, 0) is 46.9 Å². The number of rotatable bonds is 24. The lowest BCUT2D eigenvalue weighted by Gasteiger charge is -2.28. The van der Waals surface area contributed by atoms with Crippen LogP contribution in [-0.4, -0.2) is 33.2 Å². The van der Waals surface area contributed by atoms with Crippen molar-refractivity contribution in [1.29, 1.82) is 0 Å². The summed E-state index contributed by atoms with van der Waals surface area (Å²) >= 11 is 0. The molecule has 0 spiro atoms. The molecule has 9 nitrogen and oxygen atoms in total. The van der Waals surface area contributed by atoms with Crippen molar-refractivity contribution >= 4 is 17.9 Å². The average molecular weight is 1040 g/mol. The minimum absolute atomic E-state index is 0.158. The first kappa shape index (κ1) is 66.6. The molecule has 0 bridgehead atoms. The Morgan fingerprint density at radius 3 is 0.640 bits per heavy atom. The summed E-state index contributed by atoms with van der Waals surface area (Å²) in [5.41, 5.74) is 2.76. The number of ether oxygens (including phenoxy) is 3. The van der Waals surface area contributed by atoms with Crippen LogP contribution in [0.3, 0.4) is 0 Å². The zero-order valence-corrected chi connectivity index (χ0v) is 50.9. The first-order chi connectivity index (χ1) is 34.5. The molecular formula is C66H106O9. The normalized spacial score (nSPS) is 12.5. The number of carbonyl (C=O) groups excluding carboxylic acids is 3. The molecule has 0 aliphatic heterocycles. The standard InChI is InChI=1S/C34H50O6.C32H56O3/c1-31(2,3)23-17-21(18-24(29(23)37)32(4,5)6)39-27(35)15-13-14-16-28(36)40-22-19-25(33(7,8)9)30(38)26(20-22)34(10,11)12;1-8-9-10-11-12-13-14-15-16-17-18-19-20-21-22-23-29(33)35-26-24-27(31(2,3)4)30(34)28(25-26)32(5,6)7/h17-20,37-38H,13-16H2,1-12H3;24-25,34H,8-23H2,1-7H3. The predicted octanol–water partition coefficient (Wildman–Crippen LogP) is 18.5. The number of aromatic hydroxyl groups is 3. The lowest BCUT2D eigenvalue weighted by atomic mass is 9.79. The lowest BCUT2D eigenvalue weighted by molar-refractivity contribution is -0.136. The Hall–Kier alpha value is -4.53. The number of hydrogen-bond donors (Lipinski definition) is 3. The van der Waals surface area contributed by atoms with Crippen LogP contribution in [0.2, 0.25) is 0 Å². The molecule has 3 N–H and O–H groups in total. The number of unbranched alkanes of at least 4 members (excludes halogenated alkanes) is 15. The maximum Gasteiger partial charge on any atom is 0.311 e. The Balaban J connectivity index is 0.000000518. The molecule has 0 saturated carbocycles. The molecule has 0 radical (unpaired) electrons. The van der Waals surface area contributed by atoms with Crippen molar-refractivity contribution in [3.63, 3.8) is 0 Å². The molecule has 0 aliphatic rings. The summed E-state index contributed by atoms with van der Waals surface area (Å²) in [5.74, 6) is 1.19. The molecule has 3 rings (SSSR count). The van der Waals surface area contributed by atoms with E-state index in [2.05, 4.69) is 48.5 Å².